The number of halogens is 3. The molecule has 0 aliphatic carbocycles. The predicted octanol–water partition coefficient (Wildman–Crippen LogP) is 3.44. The molecule has 0 bridgehead atoms. The van der Waals surface area contributed by atoms with E-state index in [2.05, 4.69) is 0 Å². The van der Waals surface area contributed by atoms with Gasteiger partial charge < -0.3 is 9.84 Å². The summed E-state index contributed by atoms with van der Waals surface area (Å²) in [4.78, 5) is 23.6. The molecule has 5 nitrogen and oxygen atoms in total. The van der Waals surface area contributed by atoms with Crippen LogP contribution in [0.1, 0.15) is 24.8 Å². The zero-order chi connectivity index (χ0) is 17.7. The third kappa shape index (κ3) is 4.62. The fourth-order valence-corrected chi connectivity index (χ4v) is 2.96. The van der Waals surface area contributed by atoms with Crippen molar-refractivity contribution in [3.05, 3.63) is 35.9 Å². The van der Waals surface area contributed by atoms with E-state index in [4.69, 9.17) is 9.84 Å². The molecular formula is C16H18F3NO4. The summed E-state index contributed by atoms with van der Waals surface area (Å²) in [6, 6.07) is 6.48. The van der Waals surface area contributed by atoms with Crippen molar-refractivity contribution in [2.45, 2.75) is 38.1 Å². The van der Waals surface area contributed by atoms with E-state index >= 15 is 0 Å². The third-order valence-corrected chi connectivity index (χ3v) is 3.97. The molecule has 1 aromatic carbocycles. The van der Waals surface area contributed by atoms with Gasteiger partial charge in [0.25, 0.3) is 0 Å². The van der Waals surface area contributed by atoms with E-state index in [9.17, 15) is 22.8 Å². The summed E-state index contributed by atoms with van der Waals surface area (Å²) >= 11 is 0. The lowest BCUT2D eigenvalue weighted by Gasteiger charge is -2.40. The molecule has 0 spiro atoms. The lowest BCUT2D eigenvalue weighted by atomic mass is 9.86. The summed E-state index contributed by atoms with van der Waals surface area (Å²) in [5.41, 5.74) is 0.661. The number of aliphatic carboxylic acids is 1. The zero-order valence-electron chi connectivity index (χ0n) is 12.8. The van der Waals surface area contributed by atoms with Gasteiger partial charge in [-0.05, 0) is 24.3 Å². The van der Waals surface area contributed by atoms with Gasteiger partial charge in [-0.2, -0.15) is 13.2 Å². The van der Waals surface area contributed by atoms with Gasteiger partial charge in [-0.1, -0.05) is 30.3 Å². The highest BCUT2D eigenvalue weighted by Crippen LogP contribution is 2.37. The average molecular weight is 345 g/mol. The van der Waals surface area contributed by atoms with Crippen LogP contribution in [0.15, 0.2) is 30.3 Å². The van der Waals surface area contributed by atoms with Crippen molar-refractivity contribution in [3.63, 3.8) is 0 Å². The molecule has 0 radical (unpaired) electrons. The number of nitrogens with zero attached hydrogens (tertiary/aromatic N) is 1. The van der Waals surface area contributed by atoms with Crippen molar-refractivity contribution >= 4 is 12.1 Å². The highest BCUT2D eigenvalue weighted by molar-refractivity contribution is 5.70. The fraction of sp³-hybridized carbons (Fsp3) is 0.500. The fourth-order valence-electron chi connectivity index (χ4n) is 2.96. The van der Waals surface area contributed by atoms with Crippen LogP contribution in [0.2, 0.25) is 0 Å². The van der Waals surface area contributed by atoms with E-state index in [1.165, 1.54) is 0 Å². The largest absolute Gasteiger partial charge is 0.481 e. The maximum atomic E-state index is 13.4. The normalized spacial score (nSPS) is 21.4. The van der Waals surface area contributed by atoms with Crippen LogP contribution in [0.3, 0.4) is 0 Å². The molecule has 132 valence electrons. The Morgan fingerprint density at radius 1 is 1.25 bits per heavy atom. The molecule has 24 heavy (non-hydrogen) atoms. The summed E-state index contributed by atoms with van der Waals surface area (Å²) < 4.78 is 45.1. The SMILES string of the molecule is O=C(O)C[C@@H]1CCCN(C(=O)OCc2ccccc2)[C@@H]1C(F)(F)F. The Hall–Kier alpha value is -2.25. The number of benzene rings is 1. The lowest BCUT2D eigenvalue weighted by Crippen LogP contribution is -2.56. The molecule has 1 aromatic rings. The number of amides is 1. The van der Waals surface area contributed by atoms with Crippen LogP contribution in [0.4, 0.5) is 18.0 Å². The van der Waals surface area contributed by atoms with Crippen LogP contribution in [-0.2, 0) is 16.1 Å². The Labute approximate surface area is 137 Å². The van der Waals surface area contributed by atoms with Gasteiger partial charge >= 0.3 is 18.2 Å². The zero-order valence-corrected chi connectivity index (χ0v) is 12.8. The topological polar surface area (TPSA) is 66.8 Å². The Morgan fingerprint density at radius 2 is 1.92 bits per heavy atom. The molecule has 1 fully saturated rings. The van der Waals surface area contributed by atoms with Crippen molar-refractivity contribution in [3.8, 4) is 0 Å². The molecule has 1 heterocycles. The summed E-state index contributed by atoms with van der Waals surface area (Å²) in [6.45, 7) is -0.238. The van der Waals surface area contributed by atoms with Crippen LogP contribution in [0, 0.1) is 5.92 Å². The first-order valence-electron chi connectivity index (χ1n) is 7.55. The van der Waals surface area contributed by atoms with E-state index in [-0.39, 0.29) is 19.6 Å². The summed E-state index contributed by atoms with van der Waals surface area (Å²) in [5, 5.41) is 8.82. The van der Waals surface area contributed by atoms with Crippen LogP contribution in [0.25, 0.3) is 0 Å². The number of ether oxygens (including phenoxy) is 1. The maximum absolute atomic E-state index is 13.4. The molecule has 2 atom stereocenters. The molecule has 1 saturated heterocycles. The summed E-state index contributed by atoms with van der Waals surface area (Å²) in [5.74, 6) is -2.48. The van der Waals surface area contributed by atoms with Crippen LogP contribution < -0.4 is 0 Å². The van der Waals surface area contributed by atoms with E-state index in [0.29, 0.717) is 16.9 Å². The van der Waals surface area contributed by atoms with Gasteiger partial charge in [0.1, 0.15) is 12.6 Å². The molecule has 0 saturated carbocycles. The lowest BCUT2D eigenvalue weighted by molar-refractivity contribution is -0.201. The molecule has 1 amide bonds. The number of carbonyl (C=O) groups excluding carboxylic acids is 1. The maximum Gasteiger partial charge on any atom is 0.410 e. The van der Waals surface area contributed by atoms with Crippen molar-refractivity contribution in [2.24, 2.45) is 5.92 Å². The average Bonchev–Trinajstić information content (AvgIpc) is 2.51. The highest BCUT2D eigenvalue weighted by Gasteiger charge is 2.52. The monoisotopic (exact) mass is 345 g/mol. The quantitative estimate of drug-likeness (QED) is 0.908. The second kappa shape index (κ2) is 7.55. The first-order valence-corrected chi connectivity index (χ1v) is 7.55. The van der Waals surface area contributed by atoms with Crippen LogP contribution in [-0.4, -0.2) is 40.8 Å². The molecule has 1 aliphatic rings. The van der Waals surface area contributed by atoms with Crippen molar-refractivity contribution in [1.29, 1.82) is 0 Å². The van der Waals surface area contributed by atoms with Gasteiger partial charge in [0.05, 0.1) is 6.42 Å². The summed E-state index contributed by atoms with van der Waals surface area (Å²) in [7, 11) is 0. The van der Waals surface area contributed by atoms with E-state index in [0.717, 1.165) is 0 Å². The van der Waals surface area contributed by atoms with Gasteiger partial charge in [0.15, 0.2) is 0 Å². The first-order chi connectivity index (χ1) is 11.3. The number of carboxylic acid groups (broad SMARTS) is 1. The Kier molecular flexibility index (Phi) is 5.69. The summed E-state index contributed by atoms with van der Waals surface area (Å²) in [6.07, 6.45) is -5.99. The van der Waals surface area contributed by atoms with Crippen LogP contribution >= 0.6 is 0 Å². The van der Waals surface area contributed by atoms with Gasteiger partial charge in [0, 0.05) is 6.54 Å². The minimum Gasteiger partial charge on any atom is -0.481 e. The molecule has 8 heteroatoms. The molecule has 0 unspecified atom stereocenters. The van der Waals surface area contributed by atoms with E-state index in [1.807, 2.05) is 0 Å². The van der Waals surface area contributed by atoms with Gasteiger partial charge in [-0.15, -0.1) is 0 Å². The number of hydrogen-bond donors (Lipinski definition) is 1. The Bertz CT molecular complexity index is 576. The molecule has 2 rings (SSSR count). The third-order valence-electron chi connectivity index (χ3n) is 3.97. The number of hydrogen-bond acceptors (Lipinski definition) is 3. The minimum absolute atomic E-state index is 0.103. The number of piperidine rings is 1. The van der Waals surface area contributed by atoms with Crippen molar-refractivity contribution in [1.82, 2.24) is 4.90 Å². The van der Waals surface area contributed by atoms with Gasteiger partial charge in [0.2, 0.25) is 0 Å². The highest BCUT2D eigenvalue weighted by atomic mass is 19.4. The predicted molar refractivity (Wildman–Crippen MR) is 78.2 cm³/mol. The number of alkyl halides is 3. The Balaban J connectivity index is 2.09. The van der Waals surface area contributed by atoms with Gasteiger partial charge in [-0.3, -0.25) is 9.69 Å². The van der Waals surface area contributed by atoms with E-state index in [1.54, 1.807) is 30.3 Å². The standard InChI is InChI=1S/C16H18F3NO4/c17-16(18,19)14-12(9-13(21)22)7-4-8-20(14)15(23)24-10-11-5-2-1-3-6-11/h1-3,5-6,12,14H,4,7-10H2,(H,21,22)/t12-,14-/m0/s1. The van der Waals surface area contributed by atoms with E-state index < -0.39 is 36.6 Å². The molecule has 1 aliphatic heterocycles. The second-order valence-corrected chi connectivity index (χ2v) is 5.72. The molecule has 1 N–H and O–H groups in total. The second-order valence-electron chi connectivity index (χ2n) is 5.72. The Morgan fingerprint density at radius 3 is 2.50 bits per heavy atom. The minimum atomic E-state index is -4.70. The van der Waals surface area contributed by atoms with Crippen molar-refractivity contribution < 1.29 is 32.6 Å². The number of rotatable bonds is 4. The number of carbonyl (C=O) groups is 2. The van der Waals surface area contributed by atoms with Gasteiger partial charge in [-0.25, -0.2) is 4.79 Å². The number of likely N-dealkylation sites (tertiary alicyclic amines) is 1. The molecule has 0 aromatic heterocycles. The number of carboxylic acids is 1. The molecular weight excluding hydrogens is 327 g/mol. The van der Waals surface area contributed by atoms with Crippen LogP contribution in [0.5, 0.6) is 0 Å². The first kappa shape index (κ1) is 18.1. The smallest absolute Gasteiger partial charge is 0.410 e. The van der Waals surface area contributed by atoms with Crippen molar-refractivity contribution in [2.75, 3.05) is 6.54 Å².